The summed E-state index contributed by atoms with van der Waals surface area (Å²) in [6.45, 7) is 3.24. The molecule has 12 heavy (non-hydrogen) atoms. The fourth-order valence-corrected chi connectivity index (χ4v) is 0.674. The van der Waals surface area contributed by atoms with Gasteiger partial charge in [-0.05, 0) is 0 Å². The topological polar surface area (TPSA) is 26.3 Å². The van der Waals surface area contributed by atoms with Crippen LogP contribution in [0, 0.1) is 13.0 Å². The molecule has 1 rings (SSSR count). The van der Waals surface area contributed by atoms with Crippen molar-refractivity contribution in [3.63, 3.8) is 0 Å². The Bertz CT molecular complexity index is 258. The maximum absolute atomic E-state index is 10.6. The number of hydrogen-bond donors (Lipinski definition) is 0. The van der Waals surface area contributed by atoms with Crippen LogP contribution in [-0.4, -0.2) is 13.8 Å². The summed E-state index contributed by atoms with van der Waals surface area (Å²) in [7, 11) is 3.21. The zero-order valence-electron chi connectivity index (χ0n) is 6.54. The second-order valence-electron chi connectivity index (χ2n) is 2.01. The minimum absolute atomic E-state index is 0. The molecule has 0 aliphatic carbocycles. The molecule has 2 radical (unpaired) electrons. The number of ketones is 1. The third-order valence-electron chi connectivity index (χ3n) is 1.25. The molecule has 0 bridgehead atoms. The molecule has 1 aromatic rings. The van der Waals surface area contributed by atoms with Crippen LogP contribution in [0.4, 0.5) is 0 Å². The zero-order valence-corrected chi connectivity index (χ0v) is 9.38. The first-order valence-corrected chi connectivity index (χ1v) is 3.04. The first-order valence-electron chi connectivity index (χ1n) is 3.04. The fourth-order valence-electron chi connectivity index (χ4n) is 0.674. The van der Waals surface area contributed by atoms with Crippen molar-refractivity contribution in [1.29, 1.82) is 0 Å². The van der Waals surface area contributed by atoms with Gasteiger partial charge in [0.15, 0.2) is 0 Å². The molecule has 0 fully saturated rings. The van der Waals surface area contributed by atoms with Crippen molar-refractivity contribution in [3.8, 4) is 5.75 Å². The van der Waals surface area contributed by atoms with E-state index in [0.29, 0.717) is 11.3 Å². The maximum atomic E-state index is 10.6. The van der Waals surface area contributed by atoms with Crippen molar-refractivity contribution in [2.24, 2.45) is 0 Å². The van der Waals surface area contributed by atoms with E-state index in [1.54, 1.807) is 18.2 Å². The van der Waals surface area contributed by atoms with E-state index in [2.05, 4.69) is 25.7 Å². The quantitative estimate of drug-likeness (QED) is 0.427. The van der Waals surface area contributed by atoms with Gasteiger partial charge in [0.05, 0.1) is 0 Å². The Morgan fingerprint density at radius 3 is 2.58 bits per heavy atom. The molecule has 1 aromatic carbocycles. The average molecular weight is 234 g/mol. The molecule has 0 spiro atoms. The average Bonchev–Trinajstić information content (AvgIpc) is 2.05. The molecule has 4 heteroatoms. The van der Waals surface area contributed by atoms with Gasteiger partial charge in [-0.3, -0.25) is 5.56 Å². The molecule has 0 saturated heterocycles. The summed E-state index contributed by atoms with van der Waals surface area (Å²) in [6, 6.07) is 7.49. The SMILES string of the molecule is [BH]Oc1c[c-]c(C([CH2-])=O)cc1.[Y]. The minimum Gasteiger partial charge on any atom is -0.611 e. The molecule has 0 aliphatic rings. The van der Waals surface area contributed by atoms with Crippen molar-refractivity contribution in [1.82, 2.24) is 0 Å². The smallest absolute Gasteiger partial charge is 0.334 e. The molecule has 2 nitrogen and oxygen atoms in total. The van der Waals surface area contributed by atoms with Gasteiger partial charge in [0, 0.05) is 38.5 Å². The Labute approximate surface area is 98.0 Å². The molecular formula is C8H6BO2Y-2. The van der Waals surface area contributed by atoms with Crippen molar-refractivity contribution >= 4 is 13.8 Å². The van der Waals surface area contributed by atoms with Crippen molar-refractivity contribution in [3.05, 3.63) is 36.8 Å². The van der Waals surface area contributed by atoms with Crippen LogP contribution in [-0.2, 0) is 32.7 Å². The van der Waals surface area contributed by atoms with Crippen LogP contribution < -0.4 is 4.65 Å². The van der Waals surface area contributed by atoms with E-state index < -0.39 is 0 Å². The van der Waals surface area contributed by atoms with E-state index in [0.717, 1.165) is 0 Å². The third kappa shape index (κ3) is 3.00. The largest absolute Gasteiger partial charge is 0.611 e. The molecule has 0 unspecified atom stereocenters. The number of benzene rings is 1. The normalized spacial score (nSPS) is 8.33. The monoisotopic (exact) mass is 234 g/mol. The summed E-state index contributed by atoms with van der Waals surface area (Å²) in [5, 5.41) is 0. The molecule has 0 saturated carbocycles. The van der Waals surface area contributed by atoms with E-state index in [1.165, 1.54) is 0 Å². The number of rotatable bonds is 2. The van der Waals surface area contributed by atoms with Crippen LogP contribution in [0.1, 0.15) is 10.4 Å². The van der Waals surface area contributed by atoms with Crippen LogP contribution in [0.15, 0.2) is 18.2 Å². The Balaban J connectivity index is 0.00000121. The summed E-state index contributed by atoms with van der Waals surface area (Å²) in [4.78, 5) is 10.6. The molecular weight excluding hydrogens is 228 g/mol. The van der Waals surface area contributed by atoms with Gasteiger partial charge >= 0.3 is 8.05 Å². The summed E-state index contributed by atoms with van der Waals surface area (Å²) >= 11 is 0. The van der Waals surface area contributed by atoms with Gasteiger partial charge in [-0.1, -0.05) is 5.78 Å². The van der Waals surface area contributed by atoms with Gasteiger partial charge < -0.3 is 9.45 Å². The van der Waals surface area contributed by atoms with Gasteiger partial charge in [-0.15, -0.1) is 12.1 Å². The Kier molecular flexibility index (Phi) is 5.27. The Morgan fingerprint density at radius 2 is 2.25 bits per heavy atom. The van der Waals surface area contributed by atoms with Crippen LogP contribution in [0.25, 0.3) is 0 Å². The van der Waals surface area contributed by atoms with E-state index in [4.69, 9.17) is 0 Å². The van der Waals surface area contributed by atoms with Crippen molar-refractivity contribution in [2.45, 2.75) is 0 Å². The zero-order chi connectivity index (χ0) is 8.27. The van der Waals surface area contributed by atoms with Gasteiger partial charge in [0.1, 0.15) is 0 Å². The van der Waals surface area contributed by atoms with E-state index >= 15 is 0 Å². The minimum atomic E-state index is -0.249. The van der Waals surface area contributed by atoms with Crippen molar-refractivity contribution in [2.75, 3.05) is 0 Å². The van der Waals surface area contributed by atoms with Gasteiger partial charge in [-0.25, -0.2) is 19.1 Å². The first-order chi connectivity index (χ1) is 5.24. The number of carbonyl (C=O) groups excluding carboxylic acids is 1. The second-order valence-corrected chi connectivity index (χ2v) is 2.01. The first kappa shape index (κ1) is 11.7. The predicted octanol–water partition coefficient (Wildman–Crippen LogP) is 0.696. The molecule has 0 aliphatic heterocycles. The van der Waals surface area contributed by atoms with E-state index in [1.807, 2.05) is 0 Å². The number of carbonyl (C=O) groups is 1. The molecule has 0 heterocycles. The molecule has 0 atom stereocenters. The Morgan fingerprint density at radius 1 is 1.58 bits per heavy atom. The number of Topliss-reactive ketones (excluding diaryl/α,β-unsaturated/α-hetero) is 1. The molecule has 0 aromatic heterocycles. The predicted molar refractivity (Wildman–Crippen MR) is 42.7 cm³/mol. The Hall–Kier alpha value is -0.271. The fraction of sp³-hybridized carbons (Fsp3) is 0. The molecule has 0 amide bonds. The second kappa shape index (κ2) is 5.39. The van der Waals surface area contributed by atoms with Crippen LogP contribution >= 0.6 is 0 Å². The molecule has 58 valence electrons. The summed E-state index contributed by atoms with van der Waals surface area (Å²) in [5.74, 6) is 0.329. The van der Waals surface area contributed by atoms with Crippen LogP contribution in [0.3, 0.4) is 0 Å². The van der Waals surface area contributed by atoms with E-state index in [9.17, 15) is 4.79 Å². The number of hydrogen-bond acceptors (Lipinski definition) is 2. The molecule has 0 N–H and O–H groups in total. The van der Waals surface area contributed by atoms with Gasteiger partial charge in [0.25, 0.3) is 0 Å². The maximum Gasteiger partial charge on any atom is 0.334 e. The van der Waals surface area contributed by atoms with Crippen LogP contribution in [0.2, 0.25) is 0 Å². The van der Waals surface area contributed by atoms with Crippen LogP contribution in [0.5, 0.6) is 5.75 Å². The van der Waals surface area contributed by atoms with Gasteiger partial charge in [-0.2, -0.15) is 0 Å². The summed E-state index contributed by atoms with van der Waals surface area (Å²) in [5.41, 5.74) is 0.450. The standard InChI is InChI=1S/C8H6BO2.Y/c1-6(10)7-2-4-8(11-9)5-3-7;/h2,4-5,9H,1H2;/q-2;. The summed E-state index contributed by atoms with van der Waals surface area (Å²) in [6.07, 6.45) is 0. The van der Waals surface area contributed by atoms with Crippen molar-refractivity contribution < 1.29 is 42.2 Å². The third-order valence-corrected chi connectivity index (χ3v) is 1.25. The van der Waals surface area contributed by atoms with Gasteiger partial charge in [0.2, 0.25) is 0 Å². The summed E-state index contributed by atoms with van der Waals surface area (Å²) < 4.78 is 4.64. The van der Waals surface area contributed by atoms with E-state index in [-0.39, 0.29) is 38.5 Å².